The molecule has 0 radical (unpaired) electrons. The standard InChI is InChI=1S/C18H27N3O5/c22-15(13-8-4-3-5-9-13)12-19-21-14(17(25)20-18(21)26)10-6-1-2-7-11-16(23)24/h12-14H,1-11H2,(H,23,24)(H,20,25,26)/b19-12+/t14-/m1/s1. The number of carbonyl (C=O) groups excluding carboxylic acids is 3. The summed E-state index contributed by atoms with van der Waals surface area (Å²) in [6, 6.07) is -1.30. The van der Waals surface area contributed by atoms with Gasteiger partial charge in [0, 0.05) is 12.3 Å². The normalized spacial score (nSPS) is 21.4. The predicted octanol–water partition coefficient (Wildman–Crippen LogP) is 2.47. The highest BCUT2D eigenvalue weighted by atomic mass is 16.4. The van der Waals surface area contributed by atoms with Crippen molar-refractivity contribution >= 4 is 29.9 Å². The van der Waals surface area contributed by atoms with Crippen molar-refractivity contribution in [3.05, 3.63) is 0 Å². The van der Waals surface area contributed by atoms with Crippen molar-refractivity contribution in [1.29, 1.82) is 0 Å². The van der Waals surface area contributed by atoms with Gasteiger partial charge in [0.2, 0.25) is 0 Å². The number of amides is 3. The van der Waals surface area contributed by atoms with E-state index in [1.165, 1.54) is 6.21 Å². The number of carboxylic acids is 1. The highest BCUT2D eigenvalue weighted by Crippen LogP contribution is 2.24. The molecule has 2 fully saturated rings. The molecule has 1 atom stereocenters. The first-order chi connectivity index (χ1) is 12.5. The number of imide groups is 1. The van der Waals surface area contributed by atoms with Crippen molar-refractivity contribution in [2.24, 2.45) is 11.0 Å². The maximum Gasteiger partial charge on any atom is 0.345 e. The number of aliphatic carboxylic acids is 1. The number of hydrogen-bond acceptors (Lipinski definition) is 5. The van der Waals surface area contributed by atoms with E-state index in [9.17, 15) is 19.2 Å². The van der Waals surface area contributed by atoms with Crippen molar-refractivity contribution in [2.75, 3.05) is 0 Å². The van der Waals surface area contributed by atoms with Crippen LogP contribution in [0.2, 0.25) is 0 Å². The van der Waals surface area contributed by atoms with E-state index < -0.39 is 23.9 Å². The first kappa shape index (κ1) is 20.1. The second kappa shape index (κ2) is 10.0. The monoisotopic (exact) mass is 365 g/mol. The second-order valence-electron chi connectivity index (χ2n) is 6.98. The summed E-state index contributed by atoms with van der Waals surface area (Å²) >= 11 is 0. The number of hydrazone groups is 1. The summed E-state index contributed by atoms with van der Waals surface area (Å²) in [7, 11) is 0. The van der Waals surface area contributed by atoms with Crippen LogP contribution in [0.4, 0.5) is 4.79 Å². The molecule has 8 nitrogen and oxygen atoms in total. The Morgan fingerprint density at radius 3 is 2.50 bits per heavy atom. The number of ketones is 1. The fourth-order valence-corrected chi connectivity index (χ4v) is 3.46. The number of hydrogen-bond donors (Lipinski definition) is 2. The number of unbranched alkanes of at least 4 members (excludes halogenated alkanes) is 3. The van der Waals surface area contributed by atoms with E-state index >= 15 is 0 Å². The van der Waals surface area contributed by atoms with E-state index in [1.807, 2.05) is 0 Å². The molecule has 1 saturated carbocycles. The molecule has 0 aromatic heterocycles. The number of rotatable bonds is 10. The van der Waals surface area contributed by atoms with E-state index in [0.717, 1.165) is 50.0 Å². The molecule has 2 N–H and O–H groups in total. The van der Waals surface area contributed by atoms with E-state index in [2.05, 4.69) is 10.4 Å². The molecule has 26 heavy (non-hydrogen) atoms. The van der Waals surface area contributed by atoms with Crippen LogP contribution in [0.1, 0.15) is 70.6 Å². The lowest BCUT2D eigenvalue weighted by Crippen LogP contribution is -2.31. The molecular weight excluding hydrogens is 338 g/mol. The molecule has 3 amide bonds. The SMILES string of the molecule is O=C(O)CCCCCC[C@@H]1C(=O)NC(=O)N1/N=C/C(=O)C1CCCCC1. The Morgan fingerprint density at radius 1 is 1.12 bits per heavy atom. The van der Waals surface area contributed by atoms with E-state index in [-0.39, 0.29) is 18.1 Å². The number of Topliss-reactive ketones (excluding diaryl/α,β-unsaturated/α-hetero) is 1. The van der Waals surface area contributed by atoms with Crippen LogP contribution in [0.5, 0.6) is 0 Å². The van der Waals surface area contributed by atoms with E-state index in [4.69, 9.17) is 5.11 Å². The van der Waals surface area contributed by atoms with Crippen molar-refractivity contribution in [3.8, 4) is 0 Å². The molecule has 8 heteroatoms. The van der Waals surface area contributed by atoms with Gasteiger partial charge >= 0.3 is 12.0 Å². The minimum Gasteiger partial charge on any atom is -0.481 e. The quantitative estimate of drug-likeness (QED) is 0.350. The average molecular weight is 365 g/mol. The van der Waals surface area contributed by atoms with Crippen molar-refractivity contribution in [1.82, 2.24) is 10.3 Å². The fraction of sp³-hybridized carbons (Fsp3) is 0.722. The van der Waals surface area contributed by atoms with Gasteiger partial charge in [0.05, 0.1) is 6.21 Å². The summed E-state index contributed by atoms with van der Waals surface area (Å²) in [4.78, 5) is 46.5. The van der Waals surface area contributed by atoms with Gasteiger partial charge in [-0.3, -0.25) is 19.7 Å². The Labute approximate surface area is 153 Å². The lowest BCUT2D eigenvalue weighted by atomic mass is 9.87. The van der Waals surface area contributed by atoms with Crippen LogP contribution < -0.4 is 5.32 Å². The van der Waals surface area contributed by atoms with Gasteiger partial charge in [0.15, 0.2) is 5.78 Å². The maximum atomic E-state index is 12.2. The Morgan fingerprint density at radius 2 is 1.81 bits per heavy atom. The van der Waals surface area contributed by atoms with Crippen LogP contribution in [0.25, 0.3) is 0 Å². The van der Waals surface area contributed by atoms with Crippen molar-refractivity contribution in [2.45, 2.75) is 76.7 Å². The Balaban J connectivity index is 1.81. The molecule has 1 heterocycles. The average Bonchev–Trinajstić information content (AvgIpc) is 2.89. The minimum absolute atomic E-state index is 0.0263. The molecule has 1 aliphatic heterocycles. The van der Waals surface area contributed by atoms with Crippen LogP contribution in [0.15, 0.2) is 5.10 Å². The Hall–Kier alpha value is -2.25. The highest BCUT2D eigenvalue weighted by Gasteiger charge is 2.38. The molecule has 0 aromatic carbocycles. The Kier molecular flexibility index (Phi) is 7.74. The summed E-state index contributed by atoms with van der Waals surface area (Å²) in [6.45, 7) is 0. The zero-order chi connectivity index (χ0) is 18.9. The van der Waals surface area contributed by atoms with Crippen LogP contribution in [-0.2, 0) is 14.4 Å². The van der Waals surface area contributed by atoms with Gasteiger partial charge < -0.3 is 5.11 Å². The highest BCUT2D eigenvalue weighted by molar-refractivity contribution is 6.28. The molecule has 0 unspecified atom stereocenters. The number of nitrogens with zero attached hydrogens (tertiary/aromatic N) is 2. The van der Waals surface area contributed by atoms with Crippen molar-refractivity contribution in [3.63, 3.8) is 0 Å². The van der Waals surface area contributed by atoms with Gasteiger partial charge in [-0.1, -0.05) is 38.5 Å². The van der Waals surface area contributed by atoms with Gasteiger partial charge in [0.25, 0.3) is 5.91 Å². The molecule has 0 bridgehead atoms. The van der Waals surface area contributed by atoms with Gasteiger partial charge in [-0.2, -0.15) is 5.10 Å². The molecule has 144 valence electrons. The minimum atomic E-state index is -0.811. The van der Waals surface area contributed by atoms with Crippen LogP contribution in [0.3, 0.4) is 0 Å². The van der Waals surface area contributed by atoms with Gasteiger partial charge in [-0.05, 0) is 25.7 Å². The third kappa shape index (κ3) is 5.93. The number of carboxylic acid groups (broad SMARTS) is 1. The van der Waals surface area contributed by atoms with Gasteiger partial charge in [-0.25, -0.2) is 9.80 Å². The lowest BCUT2D eigenvalue weighted by Gasteiger charge is -2.19. The predicted molar refractivity (Wildman–Crippen MR) is 94.6 cm³/mol. The molecule has 0 spiro atoms. The molecule has 2 rings (SSSR count). The van der Waals surface area contributed by atoms with Crippen molar-refractivity contribution < 1.29 is 24.3 Å². The van der Waals surface area contributed by atoms with Gasteiger partial charge in [-0.15, -0.1) is 0 Å². The fourth-order valence-electron chi connectivity index (χ4n) is 3.46. The molecule has 2 aliphatic rings. The summed E-state index contributed by atoms with van der Waals surface area (Å²) in [5.74, 6) is -1.32. The molecule has 0 aromatic rings. The summed E-state index contributed by atoms with van der Waals surface area (Å²) in [5, 5.41) is 15.9. The zero-order valence-electron chi connectivity index (χ0n) is 15.0. The van der Waals surface area contributed by atoms with Crippen LogP contribution >= 0.6 is 0 Å². The number of nitrogens with one attached hydrogen (secondary N) is 1. The third-order valence-corrected chi connectivity index (χ3v) is 4.97. The maximum absolute atomic E-state index is 12.2. The largest absolute Gasteiger partial charge is 0.481 e. The number of urea groups is 1. The second-order valence-corrected chi connectivity index (χ2v) is 6.98. The third-order valence-electron chi connectivity index (χ3n) is 4.97. The van der Waals surface area contributed by atoms with Crippen LogP contribution in [0, 0.1) is 5.92 Å². The first-order valence-electron chi connectivity index (χ1n) is 9.42. The van der Waals surface area contributed by atoms with Crippen LogP contribution in [-0.4, -0.2) is 46.1 Å². The first-order valence-corrected chi connectivity index (χ1v) is 9.42. The summed E-state index contributed by atoms with van der Waals surface area (Å²) in [6.07, 6.45) is 9.55. The summed E-state index contributed by atoms with van der Waals surface area (Å²) in [5.41, 5.74) is 0. The zero-order valence-corrected chi connectivity index (χ0v) is 15.0. The topological polar surface area (TPSA) is 116 Å². The summed E-state index contributed by atoms with van der Waals surface area (Å²) < 4.78 is 0. The number of carbonyl (C=O) groups is 4. The lowest BCUT2D eigenvalue weighted by molar-refractivity contribution is -0.137. The molecule has 1 aliphatic carbocycles. The van der Waals surface area contributed by atoms with E-state index in [0.29, 0.717) is 19.3 Å². The molecular formula is C18H27N3O5. The Bertz CT molecular complexity index is 569. The smallest absolute Gasteiger partial charge is 0.345 e. The molecule has 1 saturated heterocycles. The van der Waals surface area contributed by atoms with E-state index in [1.54, 1.807) is 0 Å². The van der Waals surface area contributed by atoms with Gasteiger partial charge in [0.1, 0.15) is 6.04 Å².